The number of ether oxygens (including phenoxy) is 1. The molecule has 0 unspecified atom stereocenters. The third-order valence-corrected chi connectivity index (χ3v) is 1.15. The average Bonchev–Trinajstić information content (AvgIpc) is 2.08. The Bertz CT molecular complexity index is 182. The van der Waals surface area contributed by atoms with Crippen LogP contribution in [0.2, 0.25) is 0 Å². The minimum atomic E-state index is -1.75. The van der Waals surface area contributed by atoms with Crippen molar-refractivity contribution in [3.8, 4) is 0 Å². The smallest absolute Gasteiger partial charge is 0.380 e. The Morgan fingerprint density at radius 3 is 2.17 bits per heavy atom. The summed E-state index contributed by atoms with van der Waals surface area (Å²) in [5, 5.41) is 0. The maximum atomic E-state index is 9.62. The lowest BCUT2D eigenvalue weighted by Gasteiger charge is -1.95. The standard InChI is InChI=1S/C8H10O.BF2H/c1-9-7-8-5-3-2-4-6-8;2-1-3/h2-6H,7H2,1H3;1H. The molecule has 1 nitrogen and oxygen atoms in total. The fourth-order valence-electron chi connectivity index (χ4n) is 0.741. The van der Waals surface area contributed by atoms with Gasteiger partial charge in [0.2, 0.25) is 0 Å². The topological polar surface area (TPSA) is 9.23 Å². The summed E-state index contributed by atoms with van der Waals surface area (Å²) in [4.78, 5) is 0. The Hall–Kier alpha value is -0.895. The van der Waals surface area contributed by atoms with Crippen molar-refractivity contribution in [2.45, 2.75) is 6.61 Å². The highest BCUT2D eigenvalue weighted by Crippen LogP contribution is 1.98. The molecule has 1 rings (SSSR count). The van der Waals surface area contributed by atoms with Gasteiger partial charge < -0.3 is 4.74 Å². The van der Waals surface area contributed by atoms with Crippen LogP contribution in [0.25, 0.3) is 0 Å². The van der Waals surface area contributed by atoms with Crippen LogP contribution in [-0.4, -0.2) is 14.9 Å². The van der Waals surface area contributed by atoms with E-state index < -0.39 is 7.83 Å². The quantitative estimate of drug-likeness (QED) is 0.620. The van der Waals surface area contributed by atoms with Crippen molar-refractivity contribution in [1.82, 2.24) is 0 Å². The van der Waals surface area contributed by atoms with Gasteiger partial charge in [-0.1, -0.05) is 30.3 Å². The number of rotatable bonds is 2. The van der Waals surface area contributed by atoms with Crippen LogP contribution in [0.4, 0.5) is 8.63 Å². The van der Waals surface area contributed by atoms with Crippen molar-refractivity contribution >= 4 is 7.83 Å². The minimum Gasteiger partial charge on any atom is -0.380 e. The Morgan fingerprint density at radius 2 is 1.75 bits per heavy atom. The molecule has 0 atom stereocenters. The summed E-state index contributed by atoms with van der Waals surface area (Å²) in [6.45, 7) is 0.709. The zero-order valence-corrected chi connectivity index (χ0v) is 6.97. The van der Waals surface area contributed by atoms with E-state index in [1.807, 2.05) is 30.3 Å². The largest absolute Gasteiger partial charge is 0.521 e. The van der Waals surface area contributed by atoms with E-state index in [1.54, 1.807) is 7.11 Å². The maximum Gasteiger partial charge on any atom is 0.521 e. The van der Waals surface area contributed by atoms with Gasteiger partial charge in [0.1, 0.15) is 0 Å². The van der Waals surface area contributed by atoms with Gasteiger partial charge in [-0.3, -0.25) is 8.63 Å². The second-order valence-electron chi connectivity index (χ2n) is 2.02. The van der Waals surface area contributed by atoms with Crippen molar-refractivity contribution < 1.29 is 13.4 Å². The summed E-state index contributed by atoms with van der Waals surface area (Å²) >= 11 is 0. The molecule has 1 aromatic carbocycles. The third kappa shape index (κ3) is 5.86. The van der Waals surface area contributed by atoms with E-state index in [2.05, 4.69) is 0 Å². The van der Waals surface area contributed by atoms with E-state index in [9.17, 15) is 8.63 Å². The summed E-state index contributed by atoms with van der Waals surface area (Å²) in [6, 6.07) is 10.1. The summed E-state index contributed by atoms with van der Waals surface area (Å²) in [5.74, 6) is 0. The highest BCUT2D eigenvalue weighted by atomic mass is 19.2. The normalized spacial score (nSPS) is 8.25. The van der Waals surface area contributed by atoms with Crippen LogP contribution in [0.15, 0.2) is 30.3 Å². The Labute approximate surface area is 71.7 Å². The zero-order valence-electron chi connectivity index (χ0n) is 6.97. The van der Waals surface area contributed by atoms with Gasteiger partial charge in [0.05, 0.1) is 6.61 Å². The first kappa shape index (κ1) is 11.1. The Kier molecular flexibility index (Phi) is 7.59. The molecule has 0 radical (unpaired) electrons. The first-order chi connectivity index (χ1) is 5.85. The first-order valence-electron chi connectivity index (χ1n) is 3.50. The molecule has 0 fully saturated rings. The van der Waals surface area contributed by atoms with Crippen LogP contribution in [0, 0.1) is 0 Å². The monoisotopic (exact) mass is 172 g/mol. The molecule has 0 aromatic heterocycles. The molecular weight excluding hydrogens is 161 g/mol. The fraction of sp³-hybridized carbons (Fsp3) is 0.250. The SMILES string of the molecule is COCc1ccccc1.FBF. The Morgan fingerprint density at radius 1 is 1.25 bits per heavy atom. The number of halogens is 2. The summed E-state index contributed by atoms with van der Waals surface area (Å²) in [7, 11) is -0.0486. The minimum absolute atomic E-state index is 0.709. The molecule has 0 saturated carbocycles. The average molecular weight is 172 g/mol. The van der Waals surface area contributed by atoms with Gasteiger partial charge in [0.25, 0.3) is 0 Å². The lowest BCUT2D eigenvalue weighted by atomic mass is 10.2. The number of hydrogen-bond acceptors (Lipinski definition) is 1. The van der Waals surface area contributed by atoms with Crippen molar-refractivity contribution in [2.24, 2.45) is 0 Å². The van der Waals surface area contributed by atoms with E-state index in [4.69, 9.17) is 4.74 Å². The van der Waals surface area contributed by atoms with Gasteiger partial charge in [-0.25, -0.2) is 0 Å². The molecule has 0 aliphatic carbocycles. The maximum absolute atomic E-state index is 9.62. The molecule has 12 heavy (non-hydrogen) atoms. The molecule has 0 N–H and O–H groups in total. The van der Waals surface area contributed by atoms with Crippen molar-refractivity contribution in [3.63, 3.8) is 0 Å². The van der Waals surface area contributed by atoms with Gasteiger partial charge in [-0.2, -0.15) is 0 Å². The van der Waals surface area contributed by atoms with Gasteiger partial charge in [0.15, 0.2) is 0 Å². The second-order valence-corrected chi connectivity index (χ2v) is 2.02. The highest BCUT2D eigenvalue weighted by Gasteiger charge is 1.84. The van der Waals surface area contributed by atoms with Crippen LogP contribution in [-0.2, 0) is 11.3 Å². The van der Waals surface area contributed by atoms with Crippen molar-refractivity contribution in [1.29, 1.82) is 0 Å². The van der Waals surface area contributed by atoms with Crippen LogP contribution >= 0.6 is 0 Å². The van der Waals surface area contributed by atoms with Gasteiger partial charge in [-0.05, 0) is 5.56 Å². The van der Waals surface area contributed by atoms with E-state index in [0.29, 0.717) is 6.61 Å². The molecule has 0 heterocycles. The molecular formula is C8H11BF2O. The van der Waals surface area contributed by atoms with E-state index in [1.165, 1.54) is 5.56 Å². The molecule has 0 amide bonds. The molecule has 66 valence electrons. The molecule has 0 bridgehead atoms. The highest BCUT2D eigenvalue weighted by molar-refractivity contribution is 6.15. The van der Waals surface area contributed by atoms with Crippen LogP contribution in [0.1, 0.15) is 5.56 Å². The summed E-state index contributed by atoms with van der Waals surface area (Å²) in [6.07, 6.45) is 0. The summed E-state index contributed by atoms with van der Waals surface area (Å²) in [5.41, 5.74) is 1.22. The van der Waals surface area contributed by atoms with Crippen LogP contribution < -0.4 is 0 Å². The second kappa shape index (κ2) is 8.20. The lowest BCUT2D eigenvalue weighted by molar-refractivity contribution is 0.185. The molecule has 1 aromatic rings. The molecule has 0 aliphatic heterocycles. The van der Waals surface area contributed by atoms with E-state index in [-0.39, 0.29) is 0 Å². The third-order valence-electron chi connectivity index (χ3n) is 1.15. The number of methoxy groups -OCH3 is 1. The van der Waals surface area contributed by atoms with Crippen LogP contribution in [0.5, 0.6) is 0 Å². The molecule has 0 spiro atoms. The molecule has 0 aliphatic rings. The fourth-order valence-corrected chi connectivity index (χ4v) is 0.741. The van der Waals surface area contributed by atoms with Crippen molar-refractivity contribution in [3.05, 3.63) is 35.9 Å². The Balaban J connectivity index is 0.000000354. The van der Waals surface area contributed by atoms with Crippen LogP contribution in [0.3, 0.4) is 0 Å². The summed E-state index contributed by atoms with van der Waals surface area (Å²) < 4.78 is 24.2. The predicted octanol–water partition coefficient (Wildman–Crippen LogP) is 2.02. The van der Waals surface area contributed by atoms with Gasteiger partial charge in [-0.15, -0.1) is 0 Å². The van der Waals surface area contributed by atoms with E-state index in [0.717, 1.165) is 0 Å². The van der Waals surface area contributed by atoms with Crippen molar-refractivity contribution in [2.75, 3.05) is 7.11 Å². The molecule has 4 heteroatoms. The van der Waals surface area contributed by atoms with Gasteiger partial charge >= 0.3 is 7.83 Å². The lowest BCUT2D eigenvalue weighted by Crippen LogP contribution is -1.84. The van der Waals surface area contributed by atoms with Gasteiger partial charge in [0, 0.05) is 7.11 Å². The molecule has 0 saturated heterocycles. The number of benzene rings is 1. The van der Waals surface area contributed by atoms with E-state index >= 15 is 0 Å². The number of hydrogen-bond donors (Lipinski definition) is 0. The zero-order chi connectivity index (χ0) is 9.23. The predicted molar refractivity (Wildman–Crippen MR) is 46.5 cm³/mol. The first-order valence-corrected chi connectivity index (χ1v) is 3.50.